The van der Waals surface area contributed by atoms with Crippen molar-refractivity contribution in [2.75, 3.05) is 31.1 Å². The maximum atomic E-state index is 13.0. The molecule has 0 N–H and O–H groups in total. The molecule has 0 aliphatic carbocycles. The minimum atomic E-state index is -4.61. The number of rotatable bonds is 4. The number of piperazine rings is 1. The van der Waals surface area contributed by atoms with E-state index in [9.17, 15) is 21.6 Å². The zero-order valence-corrected chi connectivity index (χ0v) is 16.7. The summed E-state index contributed by atoms with van der Waals surface area (Å²) in [5.74, 6) is 0.552. The van der Waals surface area contributed by atoms with Gasteiger partial charge in [-0.2, -0.15) is 17.5 Å². The highest BCUT2D eigenvalue weighted by Crippen LogP contribution is 2.31. The van der Waals surface area contributed by atoms with E-state index in [1.807, 2.05) is 11.8 Å². The second-order valence-electron chi connectivity index (χ2n) is 6.69. The largest absolute Gasteiger partial charge is 0.416 e. The molecule has 30 heavy (non-hydrogen) atoms. The summed E-state index contributed by atoms with van der Waals surface area (Å²) in [5.41, 5.74) is 0.111. The van der Waals surface area contributed by atoms with Crippen LogP contribution in [0.1, 0.15) is 12.5 Å². The molecule has 0 atom stereocenters. The Morgan fingerprint density at radius 3 is 2.50 bits per heavy atom. The van der Waals surface area contributed by atoms with Gasteiger partial charge in [0.25, 0.3) is 0 Å². The van der Waals surface area contributed by atoms with Gasteiger partial charge in [0.15, 0.2) is 17.0 Å². The van der Waals surface area contributed by atoms with E-state index in [0.29, 0.717) is 42.7 Å². The Balaban J connectivity index is 1.54. The van der Waals surface area contributed by atoms with Gasteiger partial charge in [-0.05, 0) is 25.1 Å². The Bertz CT molecular complexity index is 1170. The molecule has 1 saturated heterocycles. The van der Waals surface area contributed by atoms with Crippen molar-refractivity contribution in [3.8, 4) is 0 Å². The van der Waals surface area contributed by atoms with Crippen molar-refractivity contribution >= 4 is 27.0 Å². The third-order valence-electron chi connectivity index (χ3n) is 4.92. The molecule has 2 aromatic heterocycles. The highest BCUT2D eigenvalue weighted by Gasteiger charge is 2.34. The van der Waals surface area contributed by atoms with Crippen LogP contribution in [0, 0.1) is 0 Å². The first-order valence-electron chi connectivity index (χ1n) is 9.18. The van der Waals surface area contributed by atoms with Gasteiger partial charge < -0.3 is 4.90 Å². The SMILES string of the molecule is CCn1nnc2c(N3CCN(S(=O)(=O)c4cccc(C(F)(F)F)c4)CC3)ncnc21. The first kappa shape index (κ1) is 20.5. The van der Waals surface area contributed by atoms with Crippen molar-refractivity contribution < 1.29 is 21.6 Å². The highest BCUT2D eigenvalue weighted by molar-refractivity contribution is 7.89. The van der Waals surface area contributed by atoms with E-state index >= 15 is 0 Å². The van der Waals surface area contributed by atoms with Gasteiger partial charge in [0.1, 0.15) is 6.33 Å². The van der Waals surface area contributed by atoms with Crippen LogP contribution in [0.5, 0.6) is 0 Å². The average molecular weight is 441 g/mol. The molecule has 3 aromatic rings. The molecular weight excluding hydrogens is 423 g/mol. The van der Waals surface area contributed by atoms with E-state index in [0.717, 1.165) is 12.1 Å². The van der Waals surface area contributed by atoms with E-state index < -0.39 is 21.8 Å². The minimum absolute atomic E-state index is 0.103. The smallest absolute Gasteiger partial charge is 0.352 e. The fourth-order valence-electron chi connectivity index (χ4n) is 3.35. The quantitative estimate of drug-likeness (QED) is 0.609. The van der Waals surface area contributed by atoms with Crippen molar-refractivity contribution in [3.05, 3.63) is 36.2 Å². The lowest BCUT2D eigenvalue weighted by Gasteiger charge is -2.34. The summed E-state index contributed by atoms with van der Waals surface area (Å²) in [5, 5.41) is 8.15. The molecule has 0 unspecified atom stereocenters. The molecule has 1 aliphatic heterocycles. The van der Waals surface area contributed by atoms with Gasteiger partial charge in [-0.25, -0.2) is 23.1 Å². The maximum Gasteiger partial charge on any atom is 0.416 e. The molecule has 9 nitrogen and oxygen atoms in total. The summed E-state index contributed by atoms with van der Waals surface area (Å²) < 4.78 is 67.4. The number of benzene rings is 1. The number of alkyl halides is 3. The van der Waals surface area contributed by atoms with Crippen LogP contribution in [0.3, 0.4) is 0 Å². The number of halogens is 3. The van der Waals surface area contributed by atoms with Crippen LogP contribution < -0.4 is 4.90 Å². The van der Waals surface area contributed by atoms with Gasteiger partial charge in [-0.3, -0.25) is 0 Å². The number of hydrogen-bond donors (Lipinski definition) is 0. The van der Waals surface area contributed by atoms with Crippen molar-refractivity contribution in [2.24, 2.45) is 0 Å². The summed E-state index contributed by atoms with van der Waals surface area (Å²) in [6, 6.07) is 3.79. The second kappa shape index (κ2) is 7.47. The maximum absolute atomic E-state index is 13.0. The van der Waals surface area contributed by atoms with Gasteiger partial charge in [-0.1, -0.05) is 11.3 Å². The lowest BCUT2D eigenvalue weighted by atomic mass is 10.2. The molecule has 13 heteroatoms. The second-order valence-corrected chi connectivity index (χ2v) is 8.63. The number of fused-ring (bicyclic) bond motifs is 1. The molecule has 1 fully saturated rings. The molecule has 0 bridgehead atoms. The Morgan fingerprint density at radius 1 is 1.10 bits per heavy atom. The number of sulfonamides is 1. The first-order chi connectivity index (χ1) is 14.2. The lowest BCUT2D eigenvalue weighted by molar-refractivity contribution is -0.137. The topological polar surface area (TPSA) is 97.1 Å². The molecule has 0 amide bonds. The molecular formula is C17H18F3N7O2S. The lowest BCUT2D eigenvalue weighted by Crippen LogP contribution is -2.49. The van der Waals surface area contributed by atoms with Gasteiger partial charge >= 0.3 is 6.18 Å². The van der Waals surface area contributed by atoms with Crippen LogP contribution in [0.2, 0.25) is 0 Å². The van der Waals surface area contributed by atoms with Crippen LogP contribution >= 0.6 is 0 Å². The Morgan fingerprint density at radius 2 is 1.83 bits per heavy atom. The predicted molar refractivity (Wildman–Crippen MR) is 101 cm³/mol. The fourth-order valence-corrected chi connectivity index (χ4v) is 4.82. The third kappa shape index (κ3) is 3.58. The summed E-state index contributed by atoms with van der Waals surface area (Å²) in [7, 11) is -4.05. The normalized spacial score (nSPS) is 16.3. The summed E-state index contributed by atoms with van der Waals surface area (Å²) in [6.07, 6.45) is -3.21. The summed E-state index contributed by atoms with van der Waals surface area (Å²) in [6.45, 7) is 3.33. The summed E-state index contributed by atoms with van der Waals surface area (Å²) in [4.78, 5) is 9.96. The van der Waals surface area contributed by atoms with Crippen molar-refractivity contribution in [1.82, 2.24) is 29.3 Å². The third-order valence-corrected chi connectivity index (χ3v) is 6.81. The minimum Gasteiger partial charge on any atom is -0.352 e. The van der Waals surface area contributed by atoms with Crippen LogP contribution in [-0.2, 0) is 22.7 Å². The Hall–Kier alpha value is -2.80. The molecule has 0 radical (unpaired) electrons. The zero-order chi connectivity index (χ0) is 21.5. The van der Waals surface area contributed by atoms with E-state index in [-0.39, 0.29) is 18.0 Å². The Kier molecular flexibility index (Phi) is 5.10. The van der Waals surface area contributed by atoms with E-state index in [1.54, 1.807) is 4.68 Å². The Labute approximate surface area is 170 Å². The van der Waals surface area contributed by atoms with Crippen molar-refractivity contribution in [2.45, 2.75) is 24.5 Å². The number of aryl methyl sites for hydroxylation is 1. The predicted octanol–water partition coefficient (Wildman–Crippen LogP) is 1.77. The van der Waals surface area contributed by atoms with Crippen LogP contribution in [-0.4, -0.2) is 63.9 Å². The molecule has 0 spiro atoms. The van der Waals surface area contributed by atoms with Crippen LogP contribution in [0.15, 0.2) is 35.5 Å². The van der Waals surface area contributed by atoms with Crippen LogP contribution in [0.4, 0.5) is 19.0 Å². The fraction of sp³-hybridized carbons (Fsp3) is 0.412. The van der Waals surface area contributed by atoms with E-state index in [4.69, 9.17) is 0 Å². The highest BCUT2D eigenvalue weighted by atomic mass is 32.2. The molecule has 1 aliphatic rings. The molecule has 1 aromatic carbocycles. The van der Waals surface area contributed by atoms with E-state index in [1.165, 1.54) is 16.7 Å². The van der Waals surface area contributed by atoms with Crippen LogP contribution in [0.25, 0.3) is 11.2 Å². The monoisotopic (exact) mass is 441 g/mol. The van der Waals surface area contributed by atoms with Gasteiger partial charge in [0.05, 0.1) is 10.5 Å². The van der Waals surface area contributed by atoms with E-state index in [2.05, 4.69) is 20.3 Å². The summed E-state index contributed by atoms with van der Waals surface area (Å²) >= 11 is 0. The molecule has 160 valence electrons. The standard InChI is InChI=1S/C17H18F3N7O2S/c1-2-27-16-14(23-24-27)15(21-11-22-16)25-6-8-26(9-7-25)30(28,29)13-5-3-4-12(10-13)17(18,19)20/h3-5,10-11H,2,6-9H2,1H3. The number of anilines is 1. The number of nitrogens with zero attached hydrogens (tertiary/aromatic N) is 7. The number of hydrogen-bond acceptors (Lipinski definition) is 7. The van der Waals surface area contributed by atoms with Gasteiger partial charge in [-0.15, -0.1) is 5.10 Å². The molecule has 3 heterocycles. The zero-order valence-electron chi connectivity index (χ0n) is 15.9. The first-order valence-corrected chi connectivity index (χ1v) is 10.6. The van der Waals surface area contributed by atoms with Gasteiger partial charge in [0, 0.05) is 32.7 Å². The molecule has 0 saturated carbocycles. The van der Waals surface area contributed by atoms with Crippen molar-refractivity contribution in [1.29, 1.82) is 0 Å². The van der Waals surface area contributed by atoms with Crippen molar-refractivity contribution in [3.63, 3.8) is 0 Å². The number of aromatic nitrogens is 5. The average Bonchev–Trinajstić information content (AvgIpc) is 3.17. The molecule has 4 rings (SSSR count). The van der Waals surface area contributed by atoms with Gasteiger partial charge in [0.2, 0.25) is 10.0 Å².